The Balaban J connectivity index is 2.66. The fourth-order valence-electron chi connectivity index (χ4n) is 2.04. The maximum Gasteiger partial charge on any atom is 0.251 e. The van der Waals surface area contributed by atoms with Crippen LogP contribution < -0.4 is 5.32 Å². The fourth-order valence-corrected chi connectivity index (χ4v) is 2.04. The molecule has 1 atom stereocenters. The molecule has 100 valence electrons. The minimum atomic E-state index is -0.828. The first-order chi connectivity index (χ1) is 8.50. The number of carbonyl (C=O) groups excluding carboxylic acids is 1. The molecule has 0 radical (unpaired) electrons. The van der Waals surface area contributed by atoms with Gasteiger partial charge >= 0.3 is 0 Å². The largest absolute Gasteiger partial charge is 0.388 e. The number of rotatable bonds is 6. The van der Waals surface area contributed by atoms with Gasteiger partial charge in [0.2, 0.25) is 0 Å². The van der Waals surface area contributed by atoms with Crippen molar-refractivity contribution in [3.63, 3.8) is 0 Å². The number of nitrogens with one attached hydrogen (secondary N) is 1. The Morgan fingerprint density at radius 2 is 2.00 bits per heavy atom. The van der Waals surface area contributed by atoms with Crippen molar-refractivity contribution in [1.82, 2.24) is 5.32 Å². The van der Waals surface area contributed by atoms with Crippen molar-refractivity contribution in [1.29, 1.82) is 0 Å². The normalized spacial score (nSPS) is 14.0. The van der Waals surface area contributed by atoms with Crippen LogP contribution in [0, 0.1) is 0 Å². The molecule has 1 unspecified atom stereocenters. The third-order valence-electron chi connectivity index (χ3n) is 3.06. The van der Waals surface area contributed by atoms with Crippen molar-refractivity contribution in [3.8, 4) is 0 Å². The van der Waals surface area contributed by atoms with Crippen LogP contribution in [0.15, 0.2) is 24.3 Å². The zero-order chi connectivity index (χ0) is 13.6. The summed E-state index contributed by atoms with van der Waals surface area (Å²) in [6.45, 7) is 6.09. The molecule has 1 aromatic carbocycles. The highest BCUT2D eigenvalue weighted by Gasteiger charge is 2.20. The number of carbonyl (C=O) groups is 1. The average Bonchev–Trinajstić information content (AvgIpc) is 2.36. The second kappa shape index (κ2) is 6.55. The van der Waals surface area contributed by atoms with Gasteiger partial charge in [0.25, 0.3) is 5.91 Å². The summed E-state index contributed by atoms with van der Waals surface area (Å²) in [4.78, 5) is 12.1. The van der Waals surface area contributed by atoms with Gasteiger partial charge in [0, 0.05) is 12.1 Å². The molecular formula is C15H23NO2. The van der Waals surface area contributed by atoms with E-state index in [-0.39, 0.29) is 12.5 Å². The van der Waals surface area contributed by atoms with E-state index in [0.29, 0.717) is 12.0 Å². The molecule has 3 heteroatoms. The molecule has 1 rings (SSSR count). The monoisotopic (exact) mass is 249 g/mol. The molecule has 0 saturated carbocycles. The van der Waals surface area contributed by atoms with Gasteiger partial charge in [-0.15, -0.1) is 0 Å². The van der Waals surface area contributed by atoms with Crippen molar-refractivity contribution in [2.75, 3.05) is 6.54 Å². The highest BCUT2D eigenvalue weighted by Crippen LogP contribution is 2.12. The van der Waals surface area contributed by atoms with Gasteiger partial charge in [-0.25, -0.2) is 0 Å². The van der Waals surface area contributed by atoms with Crippen LogP contribution >= 0.6 is 0 Å². The van der Waals surface area contributed by atoms with Gasteiger partial charge in [0.1, 0.15) is 0 Å². The summed E-state index contributed by atoms with van der Waals surface area (Å²) in [5.74, 6) is -0.108. The summed E-state index contributed by atoms with van der Waals surface area (Å²) in [5.41, 5.74) is 0.906. The molecule has 18 heavy (non-hydrogen) atoms. The summed E-state index contributed by atoms with van der Waals surface area (Å²) in [6, 6.07) is 7.57. The zero-order valence-electron chi connectivity index (χ0n) is 11.5. The summed E-state index contributed by atoms with van der Waals surface area (Å²) in [6.07, 6.45) is 2.41. The van der Waals surface area contributed by atoms with Gasteiger partial charge in [-0.05, 0) is 31.4 Å². The van der Waals surface area contributed by atoms with E-state index in [2.05, 4.69) is 5.32 Å². The van der Waals surface area contributed by atoms with Gasteiger partial charge in [0.05, 0.1) is 5.60 Å². The van der Waals surface area contributed by atoms with E-state index in [1.54, 1.807) is 6.92 Å². The number of hydrogen-bond acceptors (Lipinski definition) is 2. The lowest BCUT2D eigenvalue weighted by atomic mass is 10.00. The maximum atomic E-state index is 12.1. The smallest absolute Gasteiger partial charge is 0.251 e. The highest BCUT2D eigenvalue weighted by molar-refractivity contribution is 5.95. The van der Waals surface area contributed by atoms with E-state index in [1.807, 2.05) is 38.1 Å². The highest BCUT2D eigenvalue weighted by atomic mass is 16.3. The van der Waals surface area contributed by atoms with Crippen LogP contribution in [0.3, 0.4) is 0 Å². The molecule has 0 bridgehead atoms. The molecule has 0 aliphatic carbocycles. The predicted octanol–water partition coefficient (Wildman–Crippen LogP) is 2.53. The van der Waals surface area contributed by atoms with E-state index in [4.69, 9.17) is 0 Å². The van der Waals surface area contributed by atoms with E-state index < -0.39 is 5.60 Å². The second-order valence-corrected chi connectivity index (χ2v) is 4.94. The average molecular weight is 249 g/mol. The lowest BCUT2D eigenvalue weighted by molar-refractivity contribution is 0.0469. The molecule has 3 nitrogen and oxygen atoms in total. The number of aliphatic hydroxyl groups is 1. The van der Waals surface area contributed by atoms with Crippen LogP contribution in [-0.2, 0) is 6.42 Å². The number of benzene rings is 1. The topological polar surface area (TPSA) is 49.3 Å². The van der Waals surface area contributed by atoms with Crippen molar-refractivity contribution >= 4 is 5.91 Å². The SMILES string of the molecule is CCCC(C)(O)CNC(=O)c1ccccc1CC. The first-order valence-electron chi connectivity index (χ1n) is 6.58. The Bertz CT molecular complexity index is 399. The molecule has 0 spiro atoms. The Kier molecular flexibility index (Phi) is 5.35. The number of amides is 1. The zero-order valence-corrected chi connectivity index (χ0v) is 11.5. The summed E-state index contributed by atoms with van der Waals surface area (Å²) in [5, 5.41) is 12.8. The Morgan fingerprint density at radius 1 is 1.33 bits per heavy atom. The first kappa shape index (κ1) is 14.7. The number of hydrogen-bond donors (Lipinski definition) is 2. The van der Waals surface area contributed by atoms with Crippen LogP contribution in [0.25, 0.3) is 0 Å². The molecule has 0 aliphatic heterocycles. The fraction of sp³-hybridized carbons (Fsp3) is 0.533. The van der Waals surface area contributed by atoms with E-state index in [9.17, 15) is 9.90 Å². The van der Waals surface area contributed by atoms with Gasteiger partial charge in [0.15, 0.2) is 0 Å². The van der Waals surface area contributed by atoms with Crippen molar-refractivity contribution < 1.29 is 9.90 Å². The van der Waals surface area contributed by atoms with Crippen LogP contribution in [0.4, 0.5) is 0 Å². The first-order valence-corrected chi connectivity index (χ1v) is 6.58. The molecule has 0 heterocycles. The number of aryl methyl sites for hydroxylation is 1. The molecule has 0 saturated heterocycles. The summed E-state index contributed by atoms with van der Waals surface area (Å²) >= 11 is 0. The molecule has 0 aromatic heterocycles. The predicted molar refractivity (Wildman–Crippen MR) is 73.7 cm³/mol. The van der Waals surface area contributed by atoms with Crippen molar-refractivity contribution in [2.24, 2.45) is 0 Å². The van der Waals surface area contributed by atoms with Gasteiger partial charge in [-0.1, -0.05) is 38.5 Å². The molecular weight excluding hydrogens is 226 g/mol. The van der Waals surface area contributed by atoms with Crippen LogP contribution in [0.1, 0.15) is 49.5 Å². The Hall–Kier alpha value is -1.35. The standard InChI is InChI=1S/C15H23NO2/c1-4-10-15(3,18)11-16-14(17)13-9-7-6-8-12(13)5-2/h6-9,18H,4-5,10-11H2,1-3H3,(H,16,17). The van der Waals surface area contributed by atoms with E-state index >= 15 is 0 Å². The maximum absolute atomic E-state index is 12.1. The third kappa shape index (κ3) is 4.15. The lowest BCUT2D eigenvalue weighted by Crippen LogP contribution is -2.40. The van der Waals surface area contributed by atoms with Crippen LogP contribution in [-0.4, -0.2) is 23.2 Å². The molecule has 1 aromatic rings. The van der Waals surface area contributed by atoms with Gasteiger partial charge in [-0.2, -0.15) is 0 Å². The molecule has 1 amide bonds. The van der Waals surface area contributed by atoms with E-state index in [0.717, 1.165) is 18.4 Å². The summed E-state index contributed by atoms with van der Waals surface area (Å²) in [7, 11) is 0. The third-order valence-corrected chi connectivity index (χ3v) is 3.06. The van der Waals surface area contributed by atoms with Crippen LogP contribution in [0.5, 0.6) is 0 Å². The van der Waals surface area contributed by atoms with Gasteiger partial charge < -0.3 is 10.4 Å². The molecule has 0 aliphatic rings. The quantitative estimate of drug-likeness (QED) is 0.814. The minimum absolute atomic E-state index is 0.108. The van der Waals surface area contributed by atoms with Gasteiger partial charge in [-0.3, -0.25) is 4.79 Å². The molecule has 0 fully saturated rings. The van der Waals surface area contributed by atoms with E-state index in [1.165, 1.54) is 0 Å². The lowest BCUT2D eigenvalue weighted by Gasteiger charge is -2.23. The van der Waals surface area contributed by atoms with Crippen LogP contribution in [0.2, 0.25) is 0 Å². The molecule has 2 N–H and O–H groups in total. The minimum Gasteiger partial charge on any atom is -0.388 e. The Morgan fingerprint density at radius 3 is 2.61 bits per heavy atom. The van der Waals surface area contributed by atoms with Crippen molar-refractivity contribution in [3.05, 3.63) is 35.4 Å². The Labute approximate surface area is 109 Å². The summed E-state index contributed by atoms with van der Waals surface area (Å²) < 4.78 is 0. The van der Waals surface area contributed by atoms with Crippen molar-refractivity contribution in [2.45, 2.75) is 45.6 Å². The second-order valence-electron chi connectivity index (χ2n) is 4.94.